The number of hydrogen-bond acceptors (Lipinski definition) is 7. The predicted molar refractivity (Wildman–Crippen MR) is 115 cm³/mol. The first-order chi connectivity index (χ1) is 14.5. The topological polar surface area (TPSA) is 106 Å². The van der Waals surface area contributed by atoms with E-state index in [1.165, 1.54) is 11.8 Å². The average Bonchev–Trinajstić information content (AvgIpc) is 3.06. The number of benzene rings is 2. The van der Waals surface area contributed by atoms with Gasteiger partial charge >= 0.3 is 5.97 Å². The first kappa shape index (κ1) is 21.3. The molecule has 2 aromatic rings. The van der Waals surface area contributed by atoms with Gasteiger partial charge in [0.1, 0.15) is 5.75 Å². The van der Waals surface area contributed by atoms with Gasteiger partial charge in [-0.15, -0.1) is 0 Å². The molecule has 0 bridgehead atoms. The van der Waals surface area contributed by atoms with Crippen molar-refractivity contribution in [3.8, 4) is 17.2 Å². The fourth-order valence-electron chi connectivity index (χ4n) is 2.57. The maximum atomic E-state index is 12.3. The molecule has 8 nitrogen and oxygen atoms in total. The van der Waals surface area contributed by atoms with Crippen LogP contribution in [0.4, 0.5) is 5.69 Å². The summed E-state index contributed by atoms with van der Waals surface area (Å²) in [6.45, 7) is 1.73. The second kappa shape index (κ2) is 9.84. The molecular formula is C21H20N2O6S. The number of ether oxygens (including phenoxy) is 3. The summed E-state index contributed by atoms with van der Waals surface area (Å²) < 4.78 is 16.0. The van der Waals surface area contributed by atoms with Gasteiger partial charge in [0.15, 0.2) is 23.3 Å². The second-order valence-electron chi connectivity index (χ2n) is 6.00. The molecule has 30 heavy (non-hydrogen) atoms. The van der Waals surface area contributed by atoms with Crippen LogP contribution in [-0.4, -0.2) is 42.5 Å². The number of carbonyl (C=O) groups is 2. The van der Waals surface area contributed by atoms with Crippen molar-refractivity contribution in [3.63, 3.8) is 0 Å². The Morgan fingerprint density at radius 3 is 2.77 bits per heavy atom. The van der Waals surface area contributed by atoms with E-state index in [1.807, 2.05) is 25.1 Å². The standard InChI is InChI=1S/C21H20N2O6S/c1-3-28-17-9-13(7-8-16(17)29-12-19(24)25)10-18-20(26)23-21(30-18)22-14-5-4-6-15(11-14)27-2/h4-11H,3,12H2,1-2H3,(H,24,25)(H,22,23,26)/b18-10+. The van der Waals surface area contributed by atoms with Crippen molar-refractivity contribution in [1.29, 1.82) is 0 Å². The predicted octanol–water partition coefficient (Wildman–Crippen LogP) is 3.45. The van der Waals surface area contributed by atoms with Gasteiger partial charge in [0.25, 0.3) is 5.91 Å². The quantitative estimate of drug-likeness (QED) is 0.620. The molecule has 0 aromatic heterocycles. The molecule has 1 heterocycles. The van der Waals surface area contributed by atoms with Gasteiger partial charge in [0.2, 0.25) is 0 Å². The molecule has 3 rings (SSSR count). The number of aliphatic imine (C=N–C) groups is 1. The van der Waals surface area contributed by atoms with Crippen molar-refractivity contribution < 1.29 is 28.9 Å². The minimum atomic E-state index is -1.08. The molecule has 1 saturated heterocycles. The van der Waals surface area contributed by atoms with Crippen LogP contribution in [0.5, 0.6) is 17.2 Å². The lowest BCUT2D eigenvalue weighted by atomic mass is 10.2. The molecule has 1 aliphatic rings. The minimum Gasteiger partial charge on any atom is -0.497 e. The minimum absolute atomic E-state index is 0.259. The van der Waals surface area contributed by atoms with Gasteiger partial charge < -0.3 is 24.6 Å². The molecule has 2 aromatic carbocycles. The largest absolute Gasteiger partial charge is 0.497 e. The zero-order valence-electron chi connectivity index (χ0n) is 16.4. The van der Waals surface area contributed by atoms with Gasteiger partial charge in [-0.05, 0) is 54.6 Å². The number of carboxylic acid groups (broad SMARTS) is 1. The van der Waals surface area contributed by atoms with Gasteiger partial charge in [-0.1, -0.05) is 12.1 Å². The van der Waals surface area contributed by atoms with E-state index in [4.69, 9.17) is 19.3 Å². The van der Waals surface area contributed by atoms with Crippen LogP contribution in [-0.2, 0) is 9.59 Å². The molecule has 1 amide bonds. The normalized spacial score (nSPS) is 15.9. The Morgan fingerprint density at radius 2 is 2.03 bits per heavy atom. The van der Waals surface area contributed by atoms with Crippen LogP contribution in [0.1, 0.15) is 12.5 Å². The van der Waals surface area contributed by atoms with E-state index >= 15 is 0 Å². The van der Waals surface area contributed by atoms with Gasteiger partial charge in [-0.3, -0.25) is 4.79 Å². The molecule has 0 saturated carbocycles. The fourth-order valence-corrected chi connectivity index (χ4v) is 3.41. The number of nitrogens with zero attached hydrogens (tertiary/aromatic N) is 1. The van der Waals surface area contributed by atoms with Crippen LogP contribution >= 0.6 is 11.8 Å². The molecule has 1 fully saturated rings. The maximum Gasteiger partial charge on any atom is 0.341 e. The number of hydrogen-bond donors (Lipinski definition) is 2. The van der Waals surface area contributed by atoms with Gasteiger partial charge in [0.05, 0.1) is 24.3 Å². The lowest BCUT2D eigenvalue weighted by Crippen LogP contribution is -2.19. The molecular weight excluding hydrogens is 408 g/mol. The molecule has 9 heteroatoms. The number of nitrogens with one attached hydrogen (secondary N) is 1. The Kier molecular flexibility index (Phi) is 6.97. The van der Waals surface area contributed by atoms with E-state index in [1.54, 1.807) is 37.5 Å². The van der Waals surface area contributed by atoms with E-state index in [2.05, 4.69) is 10.3 Å². The fraction of sp³-hybridized carbons (Fsp3) is 0.190. The first-order valence-electron chi connectivity index (χ1n) is 9.03. The molecule has 0 unspecified atom stereocenters. The van der Waals surface area contributed by atoms with Crippen molar-refractivity contribution in [3.05, 3.63) is 52.9 Å². The van der Waals surface area contributed by atoms with Crippen molar-refractivity contribution in [2.75, 3.05) is 20.3 Å². The number of aliphatic carboxylic acids is 1. The lowest BCUT2D eigenvalue weighted by molar-refractivity contribution is -0.139. The highest BCUT2D eigenvalue weighted by Crippen LogP contribution is 2.32. The Morgan fingerprint density at radius 1 is 1.20 bits per heavy atom. The maximum absolute atomic E-state index is 12.3. The monoisotopic (exact) mass is 428 g/mol. The summed E-state index contributed by atoms with van der Waals surface area (Å²) in [5.74, 6) is 0.0684. The third kappa shape index (κ3) is 5.54. The number of methoxy groups -OCH3 is 1. The first-order valence-corrected chi connectivity index (χ1v) is 9.85. The average molecular weight is 428 g/mol. The summed E-state index contributed by atoms with van der Waals surface area (Å²) in [4.78, 5) is 28.0. The number of amides is 1. The molecule has 0 atom stereocenters. The van der Waals surface area contributed by atoms with E-state index in [0.717, 1.165) is 0 Å². The highest BCUT2D eigenvalue weighted by Gasteiger charge is 2.24. The highest BCUT2D eigenvalue weighted by molar-refractivity contribution is 8.18. The van der Waals surface area contributed by atoms with Crippen LogP contribution in [0.25, 0.3) is 6.08 Å². The molecule has 1 aliphatic heterocycles. The van der Waals surface area contributed by atoms with E-state index < -0.39 is 12.6 Å². The smallest absolute Gasteiger partial charge is 0.341 e. The van der Waals surface area contributed by atoms with Crippen LogP contribution in [0.2, 0.25) is 0 Å². The number of thioether (sulfide) groups is 1. The summed E-state index contributed by atoms with van der Waals surface area (Å²) in [5, 5.41) is 12.0. The van der Waals surface area contributed by atoms with Gasteiger partial charge in [-0.25, -0.2) is 9.79 Å². The Labute approximate surface area is 177 Å². The van der Waals surface area contributed by atoms with Crippen molar-refractivity contribution in [2.24, 2.45) is 4.99 Å². The van der Waals surface area contributed by atoms with Crippen molar-refractivity contribution in [1.82, 2.24) is 5.32 Å². The molecule has 2 N–H and O–H groups in total. The zero-order valence-corrected chi connectivity index (χ0v) is 17.2. The third-order valence-corrected chi connectivity index (χ3v) is 4.76. The number of amidine groups is 1. The number of rotatable bonds is 8. The van der Waals surface area contributed by atoms with Crippen molar-refractivity contribution >= 4 is 40.6 Å². The van der Waals surface area contributed by atoms with Crippen LogP contribution in [0.3, 0.4) is 0 Å². The molecule has 156 valence electrons. The highest BCUT2D eigenvalue weighted by atomic mass is 32.2. The molecule has 0 spiro atoms. The Balaban J connectivity index is 1.80. The van der Waals surface area contributed by atoms with E-state index in [0.29, 0.717) is 45.2 Å². The SMILES string of the molecule is CCOc1cc(/C=C2/SC(=Nc3cccc(OC)c3)NC2=O)ccc1OCC(=O)O. The summed E-state index contributed by atoms with van der Waals surface area (Å²) in [6.07, 6.45) is 1.71. The van der Waals surface area contributed by atoms with Crippen LogP contribution < -0.4 is 19.5 Å². The summed E-state index contributed by atoms with van der Waals surface area (Å²) in [5.41, 5.74) is 1.37. The summed E-state index contributed by atoms with van der Waals surface area (Å²) in [6, 6.07) is 12.2. The van der Waals surface area contributed by atoms with Crippen LogP contribution in [0, 0.1) is 0 Å². The molecule has 0 radical (unpaired) electrons. The van der Waals surface area contributed by atoms with E-state index in [-0.39, 0.29) is 5.91 Å². The number of carbonyl (C=O) groups excluding carboxylic acids is 1. The second-order valence-corrected chi connectivity index (χ2v) is 7.04. The zero-order chi connectivity index (χ0) is 21.5. The third-order valence-electron chi connectivity index (χ3n) is 3.85. The van der Waals surface area contributed by atoms with Gasteiger partial charge in [-0.2, -0.15) is 0 Å². The summed E-state index contributed by atoms with van der Waals surface area (Å²) in [7, 11) is 1.58. The Bertz CT molecular complexity index is 1020. The van der Waals surface area contributed by atoms with Crippen LogP contribution in [0.15, 0.2) is 52.4 Å². The van der Waals surface area contributed by atoms with E-state index in [9.17, 15) is 9.59 Å². The Hall–Kier alpha value is -3.46. The molecule has 0 aliphatic carbocycles. The van der Waals surface area contributed by atoms with Crippen molar-refractivity contribution in [2.45, 2.75) is 6.92 Å². The number of carboxylic acids is 1. The van der Waals surface area contributed by atoms with Gasteiger partial charge in [0, 0.05) is 6.07 Å². The lowest BCUT2D eigenvalue weighted by Gasteiger charge is -2.11. The summed E-state index contributed by atoms with van der Waals surface area (Å²) >= 11 is 1.22.